The monoisotopic (exact) mass is 730 g/mol. The minimum Gasteiger partial charge on any atom is -0.456 e. The Morgan fingerprint density at radius 1 is 0.333 bits per heavy atom. The Kier molecular flexibility index (Phi) is 6.83. The molecular weight excluding hydrogens is 701 g/mol. The number of nitrogens with zero attached hydrogens (tertiary/aromatic N) is 4. The van der Waals surface area contributed by atoms with Crippen LogP contribution in [0.3, 0.4) is 0 Å². The lowest BCUT2D eigenvalue weighted by molar-refractivity contribution is 0.668. The molecule has 0 amide bonds. The number of hydrogen-bond acceptors (Lipinski definition) is 5. The van der Waals surface area contributed by atoms with Gasteiger partial charge in [0.15, 0.2) is 17.5 Å². The largest absolute Gasteiger partial charge is 0.456 e. The lowest BCUT2D eigenvalue weighted by Gasteiger charge is -2.09. The molecule has 0 aliphatic rings. The van der Waals surface area contributed by atoms with Crippen molar-refractivity contribution in [3.63, 3.8) is 0 Å². The van der Waals surface area contributed by atoms with E-state index in [2.05, 4.69) is 114 Å². The maximum Gasteiger partial charge on any atom is 0.164 e. The summed E-state index contributed by atoms with van der Waals surface area (Å²) in [6, 6.07) is 62.8. The lowest BCUT2D eigenvalue weighted by atomic mass is 9.97. The fraction of sp³-hybridized carbons (Fsp3) is 0. The van der Waals surface area contributed by atoms with E-state index in [1.807, 2.05) is 72.8 Å². The second kappa shape index (κ2) is 12.3. The van der Waals surface area contributed by atoms with E-state index in [0.29, 0.717) is 17.5 Å². The van der Waals surface area contributed by atoms with Gasteiger partial charge in [-0.3, -0.25) is 0 Å². The average Bonchev–Trinajstić information content (AvgIpc) is 3.95. The SMILES string of the molecule is c1ccc(-c2nc(-c3ccc4oc5ccccc5c4c3)nc(-c3ccc4oc5ccc(-c6cccc7c6c6ccccc6n7-c6ccccc6)cc5c4c3)n2)cc1. The van der Waals surface area contributed by atoms with Crippen molar-refractivity contribution >= 4 is 65.7 Å². The van der Waals surface area contributed by atoms with Crippen LogP contribution in [0.1, 0.15) is 0 Å². The van der Waals surface area contributed by atoms with Crippen LogP contribution in [0, 0.1) is 0 Å². The highest BCUT2D eigenvalue weighted by Gasteiger charge is 2.19. The van der Waals surface area contributed by atoms with Gasteiger partial charge in [-0.15, -0.1) is 0 Å². The van der Waals surface area contributed by atoms with Gasteiger partial charge in [-0.2, -0.15) is 0 Å². The van der Waals surface area contributed by atoms with Crippen molar-refractivity contribution in [2.24, 2.45) is 0 Å². The predicted octanol–water partition coefficient (Wildman–Crippen LogP) is 13.4. The molecule has 12 aromatic rings. The van der Waals surface area contributed by atoms with Crippen LogP contribution in [-0.4, -0.2) is 19.5 Å². The molecule has 0 saturated carbocycles. The van der Waals surface area contributed by atoms with Crippen molar-refractivity contribution in [1.82, 2.24) is 19.5 Å². The van der Waals surface area contributed by atoms with Gasteiger partial charge in [0, 0.05) is 54.7 Å². The number of rotatable bonds is 5. The zero-order valence-electron chi connectivity index (χ0n) is 30.4. The smallest absolute Gasteiger partial charge is 0.164 e. The molecule has 8 aromatic carbocycles. The third-order valence-corrected chi connectivity index (χ3v) is 11.1. The molecule has 0 spiro atoms. The van der Waals surface area contributed by atoms with Crippen molar-refractivity contribution in [3.05, 3.63) is 182 Å². The van der Waals surface area contributed by atoms with E-state index < -0.39 is 0 Å². The maximum absolute atomic E-state index is 6.44. The zero-order valence-corrected chi connectivity index (χ0v) is 30.4. The molecule has 0 bridgehead atoms. The topological polar surface area (TPSA) is 69.9 Å². The average molecular weight is 731 g/mol. The van der Waals surface area contributed by atoms with Crippen LogP contribution in [0.4, 0.5) is 0 Å². The van der Waals surface area contributed by atoms with E-state index in [4.69, 9.17) is 23.8 Å². The minimum absolute atomic E-state index is 0.585. The Hall–Kier alpha value is -7.83. The van der Waals surface area contributed by atoms with Gasteiger partial charge in [0.1, 0.15) is 22.3 Å². The summed E-state index contributed by atoms with van der Waals surface area (Å²) in [5.74, 6) is 1.78. The van der Waals surface area contributed by atoms with Gasteiger partial charge in [-0.25, -0.2) is 15.0 Å². The summed E-state index contributed by atoms with van der Waals surface area (Å²) in [5, 5.41) is 6.54. The van der Waals surface area contributed by atoms with Gasteiger partial charge in [0.05, 0.1) is 11.0 Å². The quantitative estimate of drug-likeness (QED) is 0.176. The molecule has 0 aliphatic heterocycles. The van der Waals surface area contributed by atoms with E-state index in [9.17, 15) is 0 Å². The minimum atomic E-state index is 0.585. The van der Waals surface area contributed by atoms with E-state index >= 15 is 0 Å². The molecule has 0 aliphatic carbocycles. The maximum atomic E-state index is 6.44. The summed E-state index contributed by atoms with van der Waals surface area (Å²) >= 11 is 0. The molecule has 0 fully saturated rings. The number of hydrogen-bond donors (Lipinski definition) is 0. The van der Waals surface area contributed by atoms with Gasteiger partial charge < -0.3 is 13.4 Å². The molecule has 12 rings (SSSR count). The van der Waals surface area contributed by atoms with Crippen LogP contribution >= 0.6 is 0 Å². The summed E-state index contributed by atoms with van der Waals surface area (Å²) in [6.07, 6.45) is 0. The summed E-state index contributed by atoms with van der Waals surface area (Å²) < 4.78 is 14.9. The number of para-hydroxylation sites is 3. The van der Waals surface area contributed by atoms with Crippen LogP contribution in [0.2, 0.25) is 0 Å². The lowest BCUT2D eigenvalue weighted by Crippen LogP contribution is -2.00. The molecule has 0 unspecified atom stereocenters. The highest BCUT2D eigenvalue weighted by molar-refractivity contribution is 6.17. The Balaban J connectivity index is 1.03. The summed E-state index contributed by atoms with van der Waals surface area (Å²) in [7, 11) is 0. The zero-order chi connectivity index (χ0) is 37.5. The van der Waals surface area contributed by atoms with Gasteiger partial charge in [0.25, 0.3) is 0 Å². The Labute approximate surface area is 325 Å². The number of aromatic nitrogens is 4. The van der Waals surface area contributed by atoms with Crippen molar-refractivity contribution in [2.45, 2.75) is 0 Å². The first-order chi connectivity index (χ1) is 28.2. The number of fused-ring (bicyclic) bond motifs is 9. The van der Waals surface area contributed by atoms with Gasteiger partial charge >= 0.3 is 0 Å². The van der Waals surface area contributed by atoms with Crippen molar-refractivity contribution in [1.29, 1.82) is 0 Å². The first kappa shape index (κ1) is 31.5. The van der Waals surface area contributed by atoms with Crippen molar-refractivity contribution < 1.29 is 8.83 Å². The van der Waals surface area contributed by atoms with Crippen LogP contribution in [-0.2, 0) is 0 Å². The normalized spacial score (nSPS) is 11.9. The van der Waals surface area contributed by atoms with Crippen LogP contribution in [0.25, 0.3) is 117 Å². The second-order valence-corrected chi connectivity index (χ2v) is 14.4. The molecule has 6 nitrogen and oxygen atoms in total. The molecule has 4 heterocycles. The summed E-state index contributed by atoms with van der Waals surface area (Å²) in [6.45, 7) is 0. The first-order valence-electron chi connectivity index (χ1n) is 19.0. The summed E-state index contributed by atoms with van der Waals surface area (Å²) in [5.41, 5.74) is 11.8. The molecule has 0 N–H and O–H groups in total. The van der Waals surface area contributed by atoms with Gasteiger partial charge in [-0.1, -0.05) is 103 Å². The molecule has 266 valence electrons. The molecule has 4 aromatic heterocycles. The van der Waals surface area contributed by atoms with E-state index in [-0.39, 0.29) is 0 Å². The van der Waals surface area contributed by atoms with Crippen LogP contribution in [0.15, 0.2) is 191 Å². The third kappa shape index (κ3) is 5.01. The highest BCUT2D eigenvalue weighted by atomic mass is 16.3. The molecule has 0 atom stereocenters. The van der Waals surface area contributed by atoms with Gasteiger partial charge in [0.2, 0.25) is 0 Å². The second-order valence-electron chi connectivity index (χ2n) is 14.4. The van der Waals surface area contributed by atoms with E-state index in [0.717, 1.165) is 71.8 Å². The Morgan fingerprint density at radius 2 is 0.825 bits per heavy atom. The molecular formula is C51H30N4O2. The first-order valence-corrected chi connectivity index (χ1v) is 19.0. The Bertz CT molecular complexity index is 3530. The number of benzene rings is 8. The number of furan rings is 2. The fourth-order valence-electron chi connectivity index (χ4n) is 8.41. The van der Waals surface area contributed by atoms with E-state index in [1.54, 1.807) is 0 Å². The molecule has 57 heavy (non-hydrogen) atoms. The predicted molar refractivity (Wildman–Crippen MR) is 230 cm³/mol. The van der Waals surface area contributed by atoms with E-state index in [1.165, 1.54) is 27.4 Å². The molecule has 0 radical (unpaired) electrons. The van der Waals surface area contributed by atoms with Crippen LogP contribution < -0.4 is 0 Å². The summed E-state index contributed by atoms with van der Waals surface area (Å²) in [4.78, 5) is 15.2. The van der Waals surface area contributed by atoms with Gasteiger partial charge in [-0.05, 0) is 90.0 Å². The molecule has 6 heteroatoms. The molecule has 0 saturated heterocycles. The van der Waals surface area contributed by atoms with Crippen molar-refractivity contribution in [2.75, 3.05) is 0 Å². The standard InChI is InChI=1S/C51H30N4O2/c1-3-12-31(13-4-1)49-52-50(33-23-26-45-39(29-33)37-16-8-10-21-44(37)56-45)54-51(53-49)34-24-27-47-41(30-34)40-28-32(22-25-46(40)57-47)36-18-11-20-43-48(36)38-17-7-9-19-42(38)55(43)35-14-5-2-6-15-35/h1-30H. The Morgan fingerprint density at radius 3 is 1.51 bits per heavy atom. The van der Waals surface area contributed by atoms with Crippen molar-refractivity contribution in [3.8, 4) is 51.0 Å². The highest BCUT2D eigenvalue weighted by Crippen LogP contribution is 2.41. The third-order valence-electron chi connectivity index (χ3n) is 11.1. The van der Waals surface area contributed by atoms with Crippen LogP contribution in [0.5, 0.6) is 0 Å². The fourth-order valence-corrected chi connectivity index (χ4v) is 8.41.